The Morgan fingerprint density at radius 2 is 1.03 bits per heavy atom. The fourth-order valence-corrected chi connectivity index (χ4v) is 5.53. The standard InChI is InChI=1S/C32H39IN2O4/c1-18-12-20(3)28(21(4)13-18)31(36)34-16-24(7)38-26-10-9-11-27(30(26)33)39-25(8)17-35-32(37)29-22(5)14-19(2)15-23(29)6/h9-15,24-25H,16-17H2,1-8H3,(H,34,36)(H,35,37)/t24-,25-/m1/s1. The maximum absolute atomic E-state index is 12.8. The Hall–Kier alpha value is -3.07. The van der Waals surface area contributed by atoms with E-state index in [0.717, 1.165) is 37.0 Å². The lowest BCUT2D eigenvalue weighted by atomic mass is 9.99. The minimum absolute atomic E-state index is 0.0980. The van der Waals surface area contributed by atoms with Crippen molar-refractivity contribution in [1.82, 2.24) is 10.6 Å². The Balaban J connectivity index is 1.56. The van der Waals surface area contributed by atoms with Crippen molar-refractivity contribution in [3.63, 3.8) is 0 Å². The van der Waals surface area contributed by atoms with Crippen LogP contribution in [0.2, 0.25) is 0 Å². The number of hydrogen-bond donors (Lipinski definition) is 2. The van der Waals surface area contributed by atoms with Crippen LogP contribution in [0.15, 0.2) is 42.5 Å². The van der Waals surface area contributed by atoms with Gasteiger partial charge in [0.25, 0.3) is 11.8 Å². The monoisotopic (exact) mass is 642 g/mol. The molecule has 0 spiro atoms. The number of carbonyl (C=O) groups excluding carboxylic acids is 2. The number of aryl methyl sites for hydroxylation is 6. The van der Waals surface area contributed by atoms with Crippen LogP contribution in [0.1, 0.15) is 67.9 Å². The van der Waals surface area contributed by atoms with E-state index in [4.69, 9.17) is 9.47 Å². The van der Waals surface area contributed by atoms with E-state index in [2.05, 4.69) is 33.2 Å². The molecule has 0 radical (unpaired) electrons. The van der Waals surface area contributed by atoms with Gasteiger partial charge in [-0.2, -0.15) is 0 Å². The topological polar surface area (TPSA) is 76.7 Å². The highest BCUT2D eigenvalue weighted by molar-refractivity contribution is 14.1. The lowest BCUT2D eigenvalue weighted by Crippen LogP contribution is -2.35. The summed E-state index contributed by atoms with van der Waals surface area (Å²) in [5.74, 6) is 1.16. The second-order valence-electron chi connectivity index (χ2n) is 10.4. The van der Waals surface area contributed by atoms with E-state index in [1.54, 1.807) is 0 Å². The van der Waals surface area contributed by atoms with Gasteiger partial charge in [0, 0.05) is 11.1 Å². The van der Waals surface area contributed by atoms with Crippen LogP contribution in [0, 0.1) is 45.1 Å². The Morgan fingerprint density at radius 3 is 1.36 bits per heavy atom. The molecule has 0 aliphatic rings. The summed E-state index contributed by atoms with van der Waals surface area (Å²) in [6.45, 7) is 16.5. The van der Waals surface area contributed by atoms with Crippen molar-refractivity contribution in [3.05, 3.63) is 90.5 Å². The smallest absolute Gasteiger partial charge is 0.251 e. The maximum atomic E-state index is 12.8. The molecule has 0 bridgehead atoms. The van der Waals surface area contributed by atoms with Crippen molar-refractivity contribution in [2.45, 2.75) is 67.6 Å². The van der Waals surface area contributed by atoms with Crippen LogP contribution in [0.3, 0.4) is 0 Å². The van der Waals surface area contributed by atoms with Gasteiger partial charge in [0.1, 0.15) is 23.7 Å². The fraction of sp³-hybridized carbons (Fsp3) is 0.375. The van der Waals surface area contributed by atoms with E-state index < -0.39 is 0 Å². The predicted molar refractivity (Wildman–Crippen MR) is 165 cm³/mol. The quantitative estimate of drug-likeness (QED) is 0.247. The molecule has 0 saturated carbocycles. The summed E-state index contributed by atoms with van der Waals surface area (Å²) in [6, 6.07) is 13.7. The van der Waals surface area contributed by atoms with Gasteiger partial charge >= 0.3 is 0 Å². The zero-order valence-corrected chi connectivity index (χ0v) is 26.3. The molecule has 208 valence electrons. The number of hydrogen-bond acceptors (Lipinski definition) is 4. The van der Waals surface area contributed by atoms with E-state index in [0.29, 0.717) is 35.7 Å². The molecule has 0 aliphatic carbocycles. The van der Waals surface area contributed by atoms with Crippen molar-refractivity contribution >= 4 is 34.4 Å². The summed E-state index contributed by atoms with van der Waals surface area (Å²) in [5, 5.41) is 6.00. The molecule has 2 N–H and O–H groups in total. The number of benzene rings is 3. The molecule has 0 unspecified atom stereocenters. The Morgan fingerprint density at radius 1 is 0.692 bits per heavy atom. The molecule has 0 aliphatic heterocycles. The van der Waals surface area contributed by atoms with Gasteiger partial charge in [-0.05, 0) is 112 Å². The molecular formula is C32H39IN2O4. The van der Waals surface area contributed by atoms with Crippen LogP contribution < -0.4 is 20.1 Å². The highest BCUT2D eigenvalue weighted by atomic mass is 127. The molecule has 7 heteroatoms. The van der Waals surface area contributed by atoms with Gasteiger partial charge in [-0.1, -0.05) is 41.5 Å². The van der Waals surface area contributed by atoms with Crippen LogP contribution in [0.4, 0.5) is 0 Å². The van der Waals surface area contributed by atoms with Gasteiger partial charge in [-0.3, -0.25) is 9.59 Å². The van der Waals surface area contributed by atoms with Crippen LogP contribution in [0.5, 0.6) is 11.5 Å². The minimum Gasteiger partial charge on any atom is -0.488 e. The van der Waals surface area contributed by atoms with Gasteiger partial charge in [0.2, 0.25) is 0 Å². The molecule has 0 aromatic heterocycles. The van der Waals surface area contributed by atoms with E-state index in [-0.39, 0.29) is 24.0 Å². The molecule has 0 heterocycles. The first-order valence-electron chi connectivity index (χ1n) is 13.2. The average Bonchev–Trinajstić information content (AvgIpc) is 2.82. The largest absolute Gasteiger partial charge is 0.488 e. The molecule has 0 fully saturated rings. The van der Waals surface area contributed by atoms with E-state index in [9.17, 15) is 9.59 Å². The number of rotatable bonds is 10. The number of amides is 2. The van der Waals surface area contributed by atoms with Gasteiger partial charge < -0.3 is 20.1 Å². The summed E-state index contributed by atoms with van der Waals surface area (Å²) < 4.78 is 13.1. The van der Waals surface area contributed by atoms with Crippen molar-refractivity contribution in [2.75, 3.05) is 13.1 Å². The predicted octanol–water partition coefficient (Wildman–Crippen LogP) is 6.54. The van der Waals surface area contributed by atoms with Crippen molar-refractivity contribution in [3.8, 4) is 11.5 Å². The van der Waals surface area contributed by atoms with Crippen LogP contribution >= 0.6 is 22.6 Å². The molecule has 2 amide bonds. The third-order valence-electron chi connectivity index (χ3n) is 6.49. The van der Waals surface area contributed by atoms with E-state index >= 15 is 0 Å². The zero-order valence-electron chi connectivity index (χ0n) is 24.1. The van der Waals surface area contributed by atoms with Crippen LogP contribution in [-0.2, 0) is 0 Å². The molecule has 39 heavy (non-hydrogen) atoms. The lowest BCUT2D eigenvalue weighted by Gasteiger charge is -2.21. The molecule has 0 saturated heterocycles. The summed E-state index contributed by atoms with van der Waals surface area (Å²) in [6.07, 6.45) is -0.497. The van der Waals surface area contributed by atoms with Crippen LogP contribution in [0.25, 0.3) is 0 Å². The summed E-state index contributed by atoms with van der Waals surface area (Å²) in [7, 11) is 0. The number of halogens is 1. The first kappa shape index (κ1) is 30.5. The van der Waals surface area contributed by atoms with Gasteiger partial charge in [0.05, 0.1) is 16.7 Å². The Kier molecular flexibility index (Phi) is 10.4. The summed E-state index contributed by atoms with van der Waals surface area (Å²) in [5.41, 5.74) is 7.57. The first-order valence-corrected chi connectivity index (χ1v) is 14.3. The van der Waals surface area contributed by atoms with Crippen molar-refractivity contribution in [1.29, 1.82) is 0 Å². The van der Waals surface area contributed by atoms with E-state index in [1.165, 1.54) is 0 Å². The van der Waals surface area contributed by atoms with Crippen LogP contribution in [-0.4, -0.2) is 37.1 Å². The molecule has 6 nitrogen and oxygen atoms in total. The number of carbonyl (C=O) groups is 2. The zero-order chi connectivity index (χ0) is 28.9. The van der Waals surface area contributed by atoms with Gasteiger partial charge in [-0.25, -0.2) is 0 Å². The molecule has 3 rings (SSSR count). The third-order valence-corrected chi connectivity index (χ3v) is 7.56. The highest BCUT2D eigenvalue weighted by Gasteiger charge is 2.18. The Bertz CT molecular complexity index is 1220. The molecular weight excluding hydrogens is 603 g/mol. The Labute approximate surface area is 246 Å². The minimum atomic E-state index is -0.249. The number of ether oxygens (including phenoxy) is 2. The average molecular weight is 643 g/mol. The third kappa shape index (κ3) is 7.97. The fourth-order valence-electron chi connectivity index (χ4n) is 4.92. The molecule has 3 aromatic carbocycles. The molecule has 3 aromatic rings. The summed E-state index contributed by atoms with van der Waals surface area (Å²) >= 11 is 2.21. The first-order chi connectivity index (χ1) is 18.4. The maximum Gasteiger partial charge on any atom is 0.251 e. The normalized spacial score (nSPS) is 12.4. The SMILES string of the molecule is Cc1cc(C)c(C(=O)NC[C@@H](C)Oc2cccc(O[C@H](C)CNC(=O)c3c(C)cc(C)cc3C)c2I)c(C)c1. The van der Waals surface area contributed by atoms with E-state index in [1.807, 2.05) is 97.9 Å². The van der Waals surface area contributed by atoms with Gasteiger partial charge in [0.15, 0.2) is 0 Å². The van der Waals surface area contributed by atoms with Crippen molar-refractivity contribution < 1.29 is 19.1 Å². The number of nitrogens with one attached hydrogen (secondary N) is 2. The second kappa shape index (κ2) is 13.3. The van der Waals surface area contributed by atoms with Crippen molar-refractivity contribution in [2.24, 2.45) is 0 Å². The molecule has 2 atom stereocenters. The highest BCUT2D eigenvalue weighted by Crippen LogP contribution is 2.31. The summed E-state index contributed by atoms with van der Waals surface area (Å²) in [4.78, 5) is 25.7. The second-order valence-corrected chi connectivity index (χ2v) is 11.5. The van der Waals surface area contributed by atoms with Gasteiger partial charge in [-0.15, -0.1) is 0 Å². The lowest BCUT2D eigenvalue weighted by molar-refractivity contribution is 0.0925.